The van der Waals surface area contributed by atoms with E-state index >= 15 is 0 Å². The molecule has 2 aromatic heterocycles. The van der Waals surface area contributed by atoms with Gasteiger partial charge in [0, 0.05) is 52.6 Å². The van der Waals surface area contributed by atoms with Gasteiger partial charge in [-0.05, 0) is 87.5 Å². The van der Waals surface area contributed by atoms with Crippen LogP contribution >= 0.6 is 22.7 Å². The second-order valence-corrected chi connectivity index (χ2v) is 16.6. The molecule has 0 aliphatic carbocycles. The van der Waals surface area contributed by atoms with E-state index in [0.717, 1.165) is 11.4 Å². The van der Waals surface area contributed by atoms with Crippen LogP contribution in [0.25, 0.3) is 84.9 Å². The molecular weight excluding hydrogens is 727 g/mol. The zero-order valence-corrected chi connectivity index (χ0v) is 32.6. The second kappa shape index (κ2) is 14.1. The van der Waals surface area contributed by atoms with Gasteiger partial charge in [0.1, 0.15) is 0 Å². The third-order valence-corrected chi connectivity index (χ3v) is 13.4. The number of thiophene rings is 2. The van der Waals surface area contributed by atoms with E-state index < -0.39 is 0 Å². The van der Waals surface area contributed by atoms with Crippen LogP contribution in [0.5, 0.6) is 0 Å². The lowest BCUT2D eigenvalue weighted by molar-refractivity contribution is 1.30. The van der Waals surface area contributed by atoms with Crippen molar-refractivity contribution in [3.05, 3.63) is 212 Å². The number of rotatable bonds is 7. The zero-order chi connectivity index (χ0) is 37.7. The first-order chi connectivity index (χ1) is 28.3. The molecule has 0 saturated carbocycles. The van der Waals surface area contributed by atoms with E-state index in [9.17, 15) is 0 Å². The van der Waals surface area contributed by atoms with E-state index in [1.165, 1.54) is 90.5 Å². The largest absolute Gasteiger partial charge is 0.308 e. The SMILES string of the molecule is c1ccc(-c2cccc(-c3ccc(N(c4ccc(-c5cccc6sc7ccccc7c56)cc4)c4c(-c5ccccc5)ccc5c4sc4ccccc45)cc3)c2)cc1. The minimum atomic E-state index is 1.11. The van der Waals surface area contributed by atoms with Gasteiger partial charge in [0.15, 0.2) is 0 Å². The van der Waals surface area contributed by atoms with Crippen LogP contribution < -0.4 is 4.90 Å². The number of hydrogen-bond acceptors (Lipinski definition) is 3. The van der Waals surface area contributed by atoms with Crippen LogP contribution in [0.4, 0.5) is 17.1 Å². The Bertz CT molecular complexity index is 3210. The highest BCUT2D eigenvalue weighted by Gasteiger charge is 2.23. The van der Waals surface area contributed by atoms with E-state index in [1.807, 2.05) is 22.7 Å². The van der Waals surface area contributed by atoms with Gasteiger partial charge in [-0.3, -0.25) is 0 Å². The maximum Gasteiger partial charge on any atom is 0.0718 e. The summed E-state index contributed by atoms with van der Waals surface area (Å²) in [6, 6.07) is 77.6. The van der Waals surface area contributed by atoms with E-state index in [4.69, 9.17) is 0 Å². The van der Waals surface area contributed by atoms with Gasteiger partial charge in [-0.2, -0.15) is 0 Å². The van der Waals surface area contributed by atoms with Crippen molar-refractivity contribution in [3.8, 4) is 44.5 Å². The minimum Gasteiger partial charge on any atom is -0.308 e. The molecule has 268 valence electrons. The normalized spacial score (nSPS) is 11.5. The summed E-state index contributed by atoms with van der Waals surface area (Å²) in [5, 5.41) is 5.21. The maximum absolute atomic E-state index is 2.48. The minimum absolute atomic E-state index is 1.11. The van der Waals surface area contributed by atoms with E-state index in [0.29, 0.717) is 0 Å². The van der Waals surface area contributed by atoms with Gasteiger partial charge in [-0.15, -0.1) is 22.7 Å². The van der Waals surface area contributed by atoms with Crippen LogP contribution in [-0.4, -0.2) is 0 Å². The number of nitrogens with zero attached hydrogens (tertiary/aromatic N) is 1. The molecule has 0 N–H and O–H groups in total. The highest BCUT2D eigenvalue weighted by atomic mass is 32.1. The standard InChI is InChI=1S/C54H35NS2/c1-3-13-36(14-4-1)40-17-11-18-41(35-40)37-25-29-42(30-26-37)55(43-31-27-39(28-32-43)44-21-12-24-51-52(44)48-20-8-10-23-50(48)56-51)53-45(38-15-5-2-6-16-38)33-34-47-46-19-7-9-22-49(46)57-54(47)53/h1-35H. The molecule has 0 radical (unpaired) electrons. The van der Waals surface area contributed by atoms with Gasteiger partial charge in [-0.1, -0.05) is 164 Å². The van der Waals surface area contributed by atoms with Crippen molar-refractivity contribution >= 4 is 80.1 Å². The molecule has 57 heavy (non-hydrogen) atoms. The molecule has 0 fully saturated rings. The Labute approximate surface area is 340 Å². The van der Waals surface area contributed by atoms with Crippen LogP contribution in [0, 0.1) is 0 Å². The van der Waals surface area contributed by atoms with E-state index in [2.05, 4.69) is 217 Å². The zero-order valence-electron chi connectivity index (χ0n) is 31.0. The Hall–Kier alpha value is -6.78. The third kappa shape index (κ3) is 5.91. The van der Waals surface area contributed by atoms with Crippen LogP contribution in [-0.2, 0) is 0 Å². The van der Waals surface area contributed by atoms with Crippen molar-refractivity contribution in [2.45, 2.75) is 0 Å². The van der Waals surface area contributed by atoms with Crippen molar-refractivity contribution in [2.24, 2.45) is 0 Å². The van der Waals surface area contributed by atoms with Gasteiger partial charge in [-0.25, -0.2) is 0 Å². The Morgan fingerprint density at radius 3 is 1.51 bits per heavy atom. The molecule has 0 saturated heterocycles. The molecule has 2 heterocycles. The Kier molecular flexibility index (Phi) is 8.28. The predicted octanol–water partition coefficient (Wildman–Crippen LogP) is 16.6. The summed E-state index contributed by atoms with van der Waals surface area (Å²) in [5.41, 5.74) is 13.1. The van der Waals surface area contributed by atoms with Gasteiger partial charge >= 0.3 is 0 Å². The molecule has 0 amide bonds. The Morgan fingerprint density at radius 2 is 0.807 bits per heavy atom. The van der Waals surface area contributed by atoms with Crippen molar-refractivity contribution in [1.82, 2.24) is 0 Å². The summed E-state index contributed by atoms with van der Waals surface area (Å²) in [4.78, 5) is 2.48. The molecule has 0 unspecified atom stereocenters. The average Bonchev–Trinajstić information content (AvgIpc) is 3.87. The van der Waals surface area contributed by atoms with Gasteiger partial charge in [0.25, 0.3) is 0 Å². The molecule has 1 nitrogen and oxygen atoms in total. The summed E-state index contributed by atoms with van der Waals surface area (Å²) in [6.07, 6.45) is 0. The van der Waals surface area contributed by atoms with Gasteiger partial charge in [0.05, 0.1) is 10.4 Å². The van der Waals surface area contributed by atoms with Crippen molar-refractivity contribution in [3.63, 3.8) is 0 Å². The fourth-order valence-electron chi connectivity index (χ4n) is 8.37. The summed E-state index contributed by atoms with van der Waals surface area (Å²) in [5.74, 6) is 0. The smallest absolute Gasteiger partial charge is 0.0718 e. The fraction of sp³-hybridized carbons (Fsp3) is 0. The van der Waals surface area contributed by atoms with Crippen LogP contribution in [0.2, 0.25) is 0 Å². The number of benzene rings is 9. The first-order valence-electron chi connectivity index (χ1n) is 19.3. The third-order valence-electron chi connectivity index (χ3n) is 11.1. The summed E-state index contributed by atoms with van der Waals surface area (Å²) in [6.45, 7) is 0. The van der Waals surface area contributed by atoms with Crippen molar-refractivity contribution in [2.75, 3.05) is 4.90 Å². The monoisotopic (exact) mass is 761 g/mol. The quantitative estimate of drug-likeness (QED) is 0.156. The maximum atomic E-state index is 2.48. The Balaban J connectivity index is 1.10. The van der Waals surface area contributed by atoms with Crippen LogP contribution in [0.15, 0.2) is 212 Å². The molecule has 11 aromatic rings. The summed E-state index contributed by atoms with van der Waals surface area (Å²) < 4.78 is 5.20. The topological polar surface area (TPSA) is 3.24 Å². The summed E-state index contributed by atoms with van der Waals surface area (Å²) >= 11 is 3.74. The van der Waals surface area contributed by atoms with Crippen molar-refractivity contribution < 1.29 is 0 Å². The van der Waals surface area contributed by atoms with Crippen LogP contribution in [0.1, 0.15) is 0 Å². The lowest BCUT2D eigenvalue weighted by atomic mass is 9.97. The first-order valence-corrected chi connectivity index (χ1v) is 21.0. The average molecular weight is 762 g/mol. The molecule has 0 atom stereocenters. The lowest BCUT2D eigenvalue weighted by Gasteiger charge is -2.29. The lowest BCUT2D eigenvalue weighted by Crippen LogP contribution is -2.11. The second-order valence-electron chi connectivity index (χ2n) is 14.5. The molecule has 0 bridgehead atoms. The molecule has 0 spiro atoms. The number of fused-ring (bicyclic) bond motifs is 6. The van der Waals surface area contributed by atoms with E-state index in [1.54, 1.807) is 0 Å². The highest BCUT2D eigenvalue weighted by molar-refractivity contribution is 7.26. The Morgan fingerprint density at radius 1 is 0.298 bits per heavy atom. The molecule has 9 aromatic carbocycles. The molecular formula is C54H35NS2. The van der Waals surface area contributed by atoms with Gasteiger partial charge in [0.2, 0.25) is 0 Å². The first kappa shape index (κ1) is 33.5. The molecule has 0 aliphatic rings. The number of hydrogen-bond donors (Lipinski definition) is 0. The number of anilines is 3. The van der Waals surface area contributed by atoms with Crippen LogP contribution in [0.3, 0.4) is 0 Å². The molecule has 3 heteroatoms. The van der Waals surface area contributed by atoms with Crippen molar-refractivity contribution in [1.29, 1.82) is 0 Å². The molecule has 0 aliphatic heterocycles. The molecule has 11 rings (SSSR count). The fourth-order valence-corrected chi connectivity index (χ4v) is 10.7. The van der Waals surface area contributed by atoms with Gasteiger partial charge < -0.3 is 4.90 Å². The summed E-state index contributed by atoms with van der Waals surface area (Å²) in [7, 11) is 0. The predicted molar refractivity (Wildman–Crippen MR) is 249 cm³/mol. The highest BCUT2D eigenvalue weighted by Crippen LogP contribution is 2.50. The van der Waals surface area contributed by atoms with E-state index in [-0.39, 0.29) is 0 Å².